The van der Waals surface area contributed by atoms with E-state index in [2.05, 4.69) is 16.8 Å². The maximum absolute atomic E-state index is 6.00. The maximum atomic E-state index is 6.00. The Kier molecular flexibility index (Phi) is 3.79. The zero-order valence-electron chi connectivity index (χ0n) is 9.56. The number of pyridine rings is 1. The molecule has 0 bridgehead atoms. The van der Waals surface area contributed by atoms with Gasteiger partial charge in [-0.05, 0) is 36.6 Å². The van der Waals surface area contributed by atoms with Gasteiger partial charge in [0.2, 0.25) is 0 Å². The maximum Gasteiger partial charge on any atom is 0.129 e. The van der Waals surface area contributed by atoms with E-state index in [-0.39, 0.29) is 0 Å². The molecule has 1 aromatic rings. The van der Waals surface area contributed by atoms with Crippen LogP contribution in [0, 0.1) is 5.92 Å². The van der Waals surface area contributed by atoms with Crippen molar-refractivity contribution in [3.05, 3.63) is 29.0 Å². The van der Waals surface area contributed by atoms with Crippen LogP contribution in [0.25, 0.3) is 0 Å². The lowest BCUT2D eigenvalue weighted by Crippen LogP contribution is -2.45. The Morgan fingerprint density at radius 2 is 2.44 bits per heavy atom. The zero-order valence-corrected chi connectivity index (χ0v) is 10.3. The van der Waals surface area contributed by atoms with Crippen LogP contribution in [0.2, 0.25) is 5.15 Å². The second-order valence-electron chi connectivity index (χ2n) is 4.65. The summed E-state index contributed by atoms with van der Waals surface area (Å²) in [6, 6.07) is 4.31. The van der Waals surface area contributed by atoms with Crippen molar-refractivity contribution in [3.63, 3.8) is 0 Å². The highest BCUT2D eigenvalue weighted by molar-refractivity contribution is 6.29. The van der Waals surface area contributed by atoms with E-state index in [0.717, 1.165) is 26.1 Å². The lowest BCUT2D eigenvalue weighted by Gasteiger charge is -2.35. The molecule has 0 saturated carbocycles. The van der Waals surface area contributed by atoms with Gasteiger partial charge in [0.05, 0.1) is 0 Å². The van der Waals surface area contributed by atoms with Crippen molar-refractivity contribution in [2.75, 3.05) is 13.1 Å². The molecule has 2 N–H and O–H groups in total. The smallest absolute Gasteiger partial charge is 0.129 e. The van der Waals surface area contributed by atoms with Crippen LogP contribution in [-0.4, -0.2) is 29.0 Å². The molecule has 2 atom stereocenters. The van der Waals surface area contributed by atoms with Crippen LogP contribution in [0.3, 0.4) is 0 Å². The van der Waals surface area contributed by atoms with Gasteiger partial charge in [-0.25, -0.2) is 4.98 Å². The number of hydrogen-bond acceptors (Lipinski definition) is 3. The third-order valence-corrected chi connectivity index (χ3v) is 3.46. The Hall–Kier alpha value is -0.640. The molecule has 0 amide bonds. The van der Waals surface area contributed by atoms with Crippen molar-refractivity contribution in [3.8, 4) is 0 Å². The van der Waals surface area contributed by atoms with Crippen molar-refractivity contribution in [2.45, 2.75) is 25.9 Å². The third-order valence-electron chi connectivity index (χ3n) is 3.25. The van der Waals surface area contributed by atoms with E-state index in [9.17, 15) is 0 Å². The minimum absolute atomic E-state index is 0.359. The highest BCUT2D eigenvalue weighted by Gasteiger charge is 2.22. The minimum Gasteiger partial charge on any atom is -0.327 e. The fourth-order valence-corrected chi connectivity index (χ4v) is 2.39. The molecule has 4 heteroatoms. The van der Waals surface area contributed by atoms with Crippen LogP contribution >= 0.6 is 11.6 Å². The van der Waals surface area contributed by atoms with Crippen LogP contribution in [-0.2, 0) is 6.54 Å². The zero-order chi connectivity index (χ0) is 11.5. The summed E-state index contributed by atoms with van der Waals surface area (Å²) < 4.78 is 0. The summed E-state index contributed by atoms with van der Waals surface area (Å²) in [5.41, 5.74) is 7.22. The first-order valence-corrected chi connectivity index (χ1v) is 6.11. The van der Waals surface area contributed by atoms with Gasteiger partial charge in [0.25, 0.3) is 0 Å². The number of hydrogen-bond donors (Lipinski definition) is 1. The lowest BCUT2D eigenvalue weighted by atomic mass is 9.94. The van der Waals surface area contributed by atoms with Gasteiger partial charge in [0.15, 0.2) is 0 Å². The lowest BCUT2D eigenvalue weighted by molar-refractivity contribution is 0.158. The molecule has 2 rings (SSSR count). The monoisotopic (exact) mass is 239 g/mol. The molecule has 1 fully saturated rings. The molecule has 0 aliphatic carbocycles. The molecule has 0 aromatic carbocycles. The highest BCUT2D eigenvalue weighted by atomic mass is 35.5. The third kappa shape index (κ3) is 2.94. The van der Waals surface area contributed by atoms with E-state index in [1.165, 1.54) is 5.56 Å². The molecule has 1 aromatic heterocycles. The Morgan fingerprint density at radius 3 is 3.12 bits per heavy atom. The SMILES string of the molecule is CC1CN(Cc2ccnc(Cl)c2)CCC1N. The van der Waals surface area contributed by atoms with Crippen molar-refractivity contribution in [1.82, 2.24) is 9.88 Å². The van der Waals surface area contributed by atoms with Gasteiger partial charge >= 0.3 is 0 Å². The van der Waals surface area contributed by atoms with Gasteiger partial charge in [-0.3, -0.25) is 4.90 Å². The average molecular weight is 240 g/mol. The summed E-state index contributed by atoms with van der Waals surface area (Å²) in [6.45, 7) is 5.31. The summed E-state index contributed by atoms with van der Waals surface area (Å²) in [5, 5.41) is 0.569. The van der Waals surface area contributed by atoms with Gasteiger partial charge in [0, 0.05) is 25.3 Å². The van der Waals surface area contributed by atoms with Crippen LogP contribution < -0.4 is 5.73 Å². The van der Waals surface area contributed by atoms with Crippen LogP contribution in [0.4, 0.5) is 0 Å². The van der Waals surface area contributed by atoms with Crippen molar-refractivity contribution < 1.29 is 0 Å². The summed E-state index contributed by atoms with van der Waals surface area (Å²) in [4.78, 5) is 6.42. The first-order valence-electron chi connectivity index (χ1n) is 5.73. The fraction of sp³-hybridized carbons (Fsp3) is 0.583. The van der Waals surface area contributed by atoms with Gasteiger partial charge in [-0.2, -0.15) is 0 Å². The Bertz CT molecular complexity index is 356. The highest BCUT2D eigenvalue weighted by Crippen LogP contribution is 2.18. The van der Waals surface area contributed by atoms with Crippen LogP contribution in [0.15, 0.2) is 18.3 Å². The second-order valence-corrected chi connectivity index (χ2v) is 5.04. The van der Waals surface area contributed by atoms with E-state index < -0.39 is 0 Å². The topological polar surface area (TPSA) is 42.2 Å². The van der Waals surface area contributed by atoms with E-state index in [4.69, 9.17) is 17.3 Å². The van der Waals surface area contributed by atoms with E-state index in [0.29, 0.717) is 17.1 Å². The van der Waals surface area contributed by atoms with Gasteiger partial charge in [0.1, 0.15) is 5.15 Å². The average Bonchev–Trinajstić information content (AvgIpc) is 2.24. The van der Waals surface area contributed by atoms with E-state index in [1.807, 2.05) is 12.1 Å². The minimum atomic E-state index is 0.359. The molecule has 1 aliphatic heterocycles. The standard InChI is InChI=1S/C12H18ClN3/c1-9-7-16(5-3-11(9)14)8-10-2-4-15-12(13)6-10/h2,4,6,9,11H,3,5,7-8,14H2,1H3. The molecular weight excluding hydrogens is 222 g/mol. The first kappa shape index (κ1) is 11.8. The molecule has 1 aliphatic rings. The molecule has 1 saturated heterocycles. The second kappa shape index (κ2) is 5.13. The van der Waals surface area contributed by atoms with E-state index >= 15 is 0 Å². The molecular formula is C12H18ClN3. The number of nitrogens with two attached hydrogens (primary N) is 1. The van der Waals surface area contributed by atoms with Gasteiger partial charge in [-0.1, -0.05) is 18.5 Å². The summed E-state index contributed by atoms with van der Waals surface area (Å²) in [5.74, 6) is 0.575. The summed E-state index contributed by atoms with van der Waals surface area (Å²) in [6.07, 6.45) is 2.84. The number of nitrogens with zero attached hydrogens (tertiary/aromatic N) is 2. The molecule has 0 radical (unpaired) electrons. The molecule has 88 valence electrons. The first-order chi connectivity index (χ1) is 7.65. The molecule has 0 spiro atoms. The number of rotatable bonds is 2. The van der Waals surface area contributed by atoms with Gasteiger partial charge in [-0.15, -0.1) is 0 Å². The van der Waals surface area contributed by atoms with Crippen molar-refractivity contribution in [2.24, 2.45) is 11.7 Å². The number of aromatic nitrogens is 1. The number of likely N-dealkylation sites (tertiary alicyclic amines) is 1. The Labute approximate surface area is 102 Å². The Balaban J connectivity index is 1.95. The predicted octanol–water partition coefficient (Wildman–Crippen LogP) is 1.90. The largest absolute Gasteiger partial charge is 0.327 e. The normalized spacial score (nSPS) is 26.9. The number of halogens is 1. The molecule has 2 unspecified atom stereocenters. The van der Waals surface area contributed by atoms with Crippen molar-refractivity contribution >= 4 is 11.6 Å². The molecule has 3 nitrogen and oxygen atoms in total. The molecule has 2 heterocycles. The van der Waals surface area contributed by atoms with Gasteiger partial charge < -0.3 is 5.73 Å². The summed E-state index contributed by atoms with van der Waals surface area (Å²) >= 11 is 5.86. The summed E-state index contributed by atoms with van der Waals surface area (Å²) in [7, 11) is 0. The van der Waals surface area contributed by atoms with Crippen molar-refractivity contribution in [1.29, 1.82) is 0 Å². The van der Waals surface area contributed by atoms with Crippen LogP contribution in [0.5, 0.6) is 0 Å². The number of piperidine rings is 1. The Morgan fingerprint density at radius 1 is 1.62 bits per heavy atom. The fourth-order valence-electron chi connectivity index (χ4n) is 2.19. The quantitative estimate of drug-likeness (QED) is 0.802. The predicted molar refractivity (Wildman–Crippen MR) is 66.3 cm³/mol. The van der Waals surface area contributed by atoms with Crippen LogP contribution in [0.1, 0.15) is 18.9 Å². The van der Waals surface area contributed by atoms with E-state index in [1.54, 1.807) is 6.20 Å². The molecule has 16 heavy (non-hydrogen) atoms.